The third-order valence-corrected chi connectivity index (χ3v) is 102. The fourth-order valence-corrected chi connectivity index (χ4v) is 14.9. The first-order chi connectivity index (χ1) is 52.5. The van der Waals surface area contributed by atoms with E-state index in [1.165, 1.54) is 90.2 Å². The van der Waals surface area contributed by atoms with Crippen LogP contribution in [0, 0.1) is 69.2 Å². The molecule has 0 aliphatic rings. The summed E-state index contributed by atoms with van der Waals surface area (Å²) >= 11 is 16.0. The number of hydrogen-bond acceptors (Lipinski definition) is 19. The molecular weight excluding hydrogens is 2190 g/mol. The second-order valence-electron chi connectivity index (χ2n) is 21.3. The van der Waals surface area contributed by atoms with E-state index in [1.54, 1.807) is 63.2 Å². The number of halogens is 14. The minimum absolute atomic E-state index is 0. The zero-order valence-corrected chi connectivity index (χ0v) is 72.2. The number of rotatable bonds is 20. The number of nitrogens with two attached hydrogens (primary N) is 2. The number of carboxylic acid groups (broad SMARTS) is 1. The second-order valence-corrected chi connectivity index (χ2v) is 91.1. The molecule has 112 heavy (non-hydrogen) atoms. The number of fused-ring (bicyclic) bond motifs is 4. The Labute approximate surface area is 702 Å². The summed E-state index contributed by atoms with van der Waals surface area (Å²) in [5, 5.41) is 36.6. The van der Waals surface area contributed by atoms with Gasteiger partial charge in [-0.15, -0.1) is 45.3 Å². The molecule has 0 radical (unpaired) electrons. The Balaban J connectivity index is 0.000000252. The van der Waals surface area contributed by atoms with Gasteiger partial charge in [0.2, 0.25) is 11.8 Å². The molecule has 8 aromatic carbocycles. The third-order valence-electron chi connectivity index (χ3n) is 14.5. The number of phenols is 1. The topological polar surface area (TPSA) is 298 Å². The fraction of sp³-hybridized carbons (Fsp3) is 0.158. The van der Waals surface area contributed by atoms with Crippen molar-refractivity contribution < 1.29 is 116 Å². The van der Waals surface area contributed by atoms with Crippen LogP contribution < -0.4 is 38.9 Å². The van der Waals surface area contributed by atoms with Gasteiger partial charge in [-0.2, -0.15) is 10.5 Å². The number of alkyl halides is 1. The van der Waals surface area contributed by atoms with E-state index in [9.17, 15) is 69.0 Å². The van der Waals surface area contributed by atoms with Crippen LogP contribution in [0.2, 0.25) is 0 Å². The number of ether oxygens (including phenoxy) is 6. The average molecular weight is 2250 g/mol. The minimum Gasteiger partial charge on any atom is -0.505 e. The standard InChI is InChI=1S/C19H15F2NO4S.C19H13F2NO3S.C17H11F2NO4S.C12H10BrFO2S.C7H4FNO.2CH4.I5/c1-2-25-19(24)17-11(16-12(20)4-3-5-15(16)27-17)9-26-14-7-6-10(18(22)23)8-13(14)21;1-2-24-19(23)18-12(17-13(20)4-3-5-16(17)26-18)10-25-15-7-6-11(9-22)8-14(15)21;18-10-2-1-3-13-14(10)9(15(25-13)17(22)23)7-24-12-5-4-8(16(20)21)6-11(12)19;1-2-16-12(15)11-7(6-13)10-8(14)4-3-5-9(10)17-11;8-6-3-5(4-9)1-2-7(6)10;;;1-4-5(2)3/h3-8H,2,9H2,1H3,(H2,22,23);3-8H,2,10H2,1H3;1-6H,7H2,(H2,20,21)(H,22,23);3-5H,2,6H2,1H3;1-3,10H;2*1H4;/q;;;;;;;-1. The molecule has 36 heteroatoms. The van der Waals surface area contributed by atoms with Crippen molar-refractivity contribution in [1.82, 2.24) is 0 Å². The van der Waals surface area contributed by atoms with Crippen LogP contribution in [0.5, 0.6) is 23.0 Å². The molecule has 4 heterocycles. The normalized spacial score (nSPS) is 10.4. The predicted molar refractivity (Wildman–Crippen MR) is 451 cm³/mol. The number of hydrogen-bond donors (Lipinski definition) is 4. The summed E-state index contributed by atoms with van der Waals surface area (Å²) in [5.74, 6) is -10.2. The van der Waals surface area contributed by atoms with E-state index in [4.69, 9.17) is 55.5 Å². The molecule has 0 unspecified atom stereocenters. The number of carboxylic acids is 1. The van der Waals surface area contributed by atoms with E-state index in [0.29, 0.717) is 60.7 Å². The van der Waals surface area contributed by atoms with Crippen molar-refractivity contribution in [3.63, 3.8) is 0 Å². The number of carbonyl (C=O) groups excluding carboxylic acids is 5. The van der Waals surface area contributed by atoms with E-state index in [1.807, 2.05) is 6.07 Å². The molecule has 4 aromatic heterocycles. The monoisotopic (exact) mass is 2250 g/mol. The number of aromatic hydroxyl groups is 1. The van der Waals surface area contributed by atoms with Crippen molar-refractivity contribution >= 4 is 201 Å². The van der Waals surface area contributed by atoms with Crippen LogP contribution in [0.4, 0.5) is 35.1 Å². The molecule has 0 atom stereocenters. The molecule has 592 valence electrons. The minimum atomic E-state index is -1.22. The van der Waals surface area contributed by atoms with Crippen molar-refractivity contribution in [2.75, 3.05) is 19.8 Å². The molecule has 0 bridgehead atoms. The largest absolute Gasteiger partial charge is 0.505 e. The molecule has 0 saturated heterocycles. The van der Waals surface area contributed by atoms with Crippen LogP contribution in [0.25, 0.3) is 40.3 Å². The first-order valence-corrected chi connectivity index (χ1v) is 60.6. The van der Waals surface area contributed by atoms with Gasteiger partial charge in [-0.05, 0) is 148 Å². The van der Waals surface area contributed by atoms with Gasteiger partial charge in [0.15, 0.2) is 46.3 Å². The quantitative estimate of drug-likeness (QED) is 0.0181. The second kappa shape index (κ2) is 45.9. The van der Waals surface area contributed by atoms with E-state index in [0.717, 1.165) is 69.0 Å². The molecule has 6 N–H and O–H groups in total. The molecular formula is C76H61BrF8I5N4O14S4-. The van der Waals surface area contributed by atoms with Crippen molar-refractivity contribution in [2.45, 2.75) is 60.8 Å². The molecule has 2 amide bonds. The van der Waals surface area contributed by atoms with Crippen molar-refractivity contribution in [3.05, 3.63) is 256 Å². The summed E-state index contributed by atoms with van der Waals surface area (Å²) < 4.78 is 145. The number of nitrogens with zero attached hydrogens (tertiary/aromatic N) is 2. The summed E-state index contributed by atoms with van der Waals surface area (Å²) in [6.45, 7) is 4.96. The number of benzene rings is 8. The van der Waals surface area contributed by atoms with Gasteiger partial charge in [-0.25, -0.2) is 54.3 Å². The number of aromatic carboxylic acids is 1. The number of esters is 3. The number of thiophene rings is 4. The first kappa shape index (κ1) is 94.8. The Morgan fingerprint density at radius 3 is 1.04 bits per heavy atom. The number of nitriles is 2. The van der Waals surface area contributed by atoms with Gasteiger partial charge in [-0.1, -0.05) is 55.0 Å². The molecule has 12 aromatic rings. The van der Waals surface area contributed by atoms with Crippen LogP contribution in [0.3, 0.4) is 0 Å². The molecule has 12 rings (SSSR count). The van der Waals surface area contributed by atoms with Gasteiger partial charge >= 0.3 is 101 Å². The molecule has 0 fully saturated rings. The van der Waals surface area contributed by atoms with E-state index >= 15 is 0 Å². The van der Waals surface area contributed by atoms with Crippen LogP contribution in [0.1, 0.15) is 128 Å². The zero-order valence-electron chi connectivity index (χ0n) is 56.6. The van der Waals surface area contributed by atoms with Gasteiger partial charge in [0.25, 0.3) is 0 Å². The number of amides is 2. The summed E-state index contributed by atoms with van der Waals surface area (Å²) in [5.41, 5.74) is 11.9. The van der Waals surface area contributed by atoms with Crippen LogP contribution in [-0.4, -0.2) is 65.7 Å². The Hall–Kier alpha value is -7.83. The third kappa shape index (κ3) is 25.1. The Bertz CT molecular complexity index is 5490. The Morgan fingerprint density at radius 2 is 0.759 bits per heavy atom. The average Bonchev–Trinajstić information content (AvgIpc) is 1.87. The number of primary amides is 2. The fourth-order valence-electron chi connectivity index (χ4n) is 9.72. The SMILES string of the molecule is C.C.CCOC(=O)c1sc2cccc(F)c2c1CBr.CCOC(=O)c1sc2cccc(F)c2c1COc1ccc(C#N)cc1F.CCOC(=O)c1sc2cccc(F)c2c1COc1ccc(C(N)=O)cc1F.I[I-]I(I)I.N#Cc1ccc(O)c(F)c1.NC(=O)c1ccc(OCc2c(C(=O)O)sc3cccc(F)c23)c(F)c1. The molecule has 0 saturated carbocycles. The van der Waals surface area contributed by atoms with Gasteiger partial charge in [-0.3, -0.25) is 9.59 Å². The molecule has 18 nitrogen and oxygen atoms in total. The number of phenolic OH excluding ortho intramolecular Hbond substituents is 1. The van der Waals surface area contributed by atoms with Gasteiger partial charge in [0, 0.05) is 73.5 Å². The first-order valence-electron chi connectivity index (χ1n) is 31.1. The number of carbonyl (C=O) groups is 6. The molecule has 0 spiro atoms. The summed E-state index contributed by atoms with van der Waals surface area (Å²) in [6.07, 6.45) is 0. The van der Waals surface area contributed by atoms with Crippen LogP contribution in [-0.2, 0) is 39.4 Å². The maximum absolute atomic E-state index is 14.3. The van der Waals surface area contributed by atoms with Crippen molar-refractivity contribution in [2.24, 2.45) is 11.5 Å². The predicted octanol–water partition coefficient (Wildman–Crippen LogP) is 19.7. The van der Waals surface area contributed by atoms with Crippen molar-refractivity contribution in [3.8, 4) is 35.1 Å². The van der Waals surface area contributed by atoms with Gasteiger partial charge < -0.3 is 50.1 Å². The van der Waals surface area contributed by atoms with Crippen LogP contribution in [0.15, 0.2) is 146 Å². The Morgan fingerprint density at radius 1 is 0.464 bits per heavy atom. The van der Waals surface area contributed by atoms with Crippen LogP contribution >= 0.6 is 125 Å². The van der Waals surface area contributed by atoms with Crippen molar-refractivity contribution in [1.29, 1.82) is 10.5 Å². The Kier molecular flexibility index (Phi) is 38.8. The smallest absolute Gasteiger partial charge is 0.346 e. The summed E-state index contributed by atoms with van der Waals surface area (Å²) in [4.78, 5) is 70.5. The summed E-state index contributed by atoms with van der Waals surface area (Å²) in [6, 6.07) is 35.9. The maximum atomic E-state index is 14.3. The van der Waals surface area contributed by atoms with Gasteiger partial charge in [0.05, 0.1) is 43.1 Å². The van der Waals surface area contributed by atoms with E-state index in [-0.39, 0.29) is 149 Å². The molecule has 0 aliphatic carbocycles. The van der Waals surface area contributed by atoms with Gasteiger partial charge in [0.1, 0.15) is 62.6 Å². The van der Waals surface area contributed by atoms with E-state index in [2.05, 4.69) is 71.8 Å². The molecule has 0 aliphatic heterocycles. The summed E-state index contributed by atoms with van der Waals surface area (Å²) in [7, 11) is -0.245. The zero-order chi connectivity index (χ0) is 80.6. The maximum Gasteiger partial charge on any atom is 0.346 e. The van der Waals surface area contributed by atoms with E-state index < -0.39 is 76.2 Å².